The zero-order valence-corrected chi connectivity index (χ0v) is 16.7. The van der Waals surface area contributed by atoms with Crippen LogP contribution in [0.15, 0.2) is 24.3 Å². The molecule has 26 heavy (non-hydrogen) atoms. The van der Waals surface area contributed by atoms with Crippen molar-refractivity contribution in [1.29, 1.82) is 0 Å². The average Bonchev–Trinajstić information content (AvgIpc) is 2.60. The van der Waals surface area contributed by atoms with E-state index in [4.69, 9.17) is 9.47 Å². The van der Waals surface area contributed by atoms with Gasteiger partial charge in [-0.1, -0.05) is 13.3 Å². The van der Waals surface area contributed by atoms with Crippen LogP contribution in [0.4, 0.5) is 5.69 Å². The summed E-state index contributed by atoms with van der Waals surface area (Å²) in [5.74, 6) is 1.32. The molecule has 5 heteroatoms. The Morgan fingerprint density at radius 2 is 2.04 bits per heavy atom. The molecule has 2 atom stereocenters. The van der Waals surface area contributed by atoms with Gasteiger partial charge in [-0.15, -0.1) is 0 Å². The van der Waals surface area contributed by atoms with Crippen LogP contribution in [-0.2, 0) is 9.53 Å². The first kappa shape index (κ1) is 20.7. The molecule has 0 spiro atoms. The van der Waals surface area contributed by atoms with Crippen LogP contribution in [0.1, 0.15) is 46.0 Å². The van der Waals surface area contributed by atoms with E-state index < -0.39 is 5.60 Å². The summed E-state index contributed by atoms with van der Waals surface area (Å²) in [5, 5.41) is 3.04. The number of nitrogens with one attached hydrogen (secondary N) is 1. The second kappa shape index (κ2) is 9.93. The lowest BCUT2D eigenvalue weighted by atomic mass is 9.78. The third kappa shape index (κ3) is 5.99. The van der Waals surface area contributed by atoms with Crippen molar-refractivity contribution in [1.82, 2.24) is 4.90 Å². The van der Waals surface area contributed by atoms with Crippen LogP contribution in [0.5, 0.6) is 5.75 Å². The molecule has 1 aliphatic carbocycles. The molecule has 1 aromatic rings. The first-order valence-electron chi connectivity index (χ1n) is 9.78. The van der Waals surface area contributed by atoms with E-state index in [1.165, 1.54) is 6.42 Å². The summed E-state index contributed by atoms with van der Waals surface area (Å²) in [7, 11) is 4.11. The van der Waals surface area contributed by atoms with Gasteiger partial charge in [0.05, 0.1) is 6.61 Å². The van der Waals surface area contributed by atoms with Crippen molar-refractivity contribution in [2.24, 2.45) is 5.92 Å². The third-order valence-corrected chi connectivity index (χ3v) is 4.92. The van der Waals surface area contributed by atoms with Crippen molar-refractivity contribution in [2.45, 2.75) is 51.6 Å². The van der Waals surface area contributed by atoms with E-state index in [-0.39, 0.29) is 5.91 Å². The fourth-order valence-corrected chi connectivity index (χ4v) is 3.63. The Morgan fingerprint density at radius 3 is 2.65 bits per heavy atom. The Labute approximate surface area is 158 Å². The number of carbonyl (C=O) groups is 1. The predicted molar refractivity (Wildman–Crippen MR) is 106 cm³/mol. The van der Waals surface area contributed by atoms with Crippen LogP contribution in [-0.4, -0.2) is 50.3 Å². The lowest BCUT2D eigenvalue weighted by molar-refractivity contribution is -0.147. The summed E-state index contributed by atoms with van der Waals surface area (Å²) in [6.07, 6.45) is 4.78. The standard InChI is InChI=1S/C21H34N2O3/c1-5-26-21(13-6-8-17(2)16-21)20(24)22-18-9-11-19(12-10-18)25-15-7-14-23(3)4/h9-12,17H,5-8,13-16H2,1-4H3,(H,22,24)/t17-,21+/m0/s1. The molecule has 0 aromatic heterocycles. The van der Waals surface area contributed by atoms with Crippen molar-refractivity contribution in [3.8, 4) is 5.75 Å². The van der Waals surface area contributed by atoms with E-state index >= 15 is 0 Å². The highest BCUT2D eigenvalue weighted by Gasteiger charge is 2.42. The van der Waals surface area contributed by atoms with Crippen LogP contribution in [0.2, 0.25) is 0 Å². The van der Waals surface area contributed by atoms with Crippen molar-refractivity contribution >= 4 is 11.6 Å². The van der Waals surface area contributed by atoms with Gasteiger partial charge in [0.15, 0.2) is 0 Å². The first-order chi connectivity index (χ1) is 12.4. The van der Waals surface area contributed by atoms with Crippen molar-refractivity contribution in [2.75, 3.05) is 39.2 Å². The predicted octanol–water partition coefficient (Wildman–Crippen LogP) is 3.94. The van der Waals surface area contributed by atoms with Crippen LogP contribution in [0.3, 0.4) is 0 Å². The second-order valence-corrected chi connectivity index (χ2v) is 7.61. The van der Waals surface area contributed by atoms with Crippen LogP contribution in [0.25, 0.3) is 0 Å². The van der Waals surface area contributed by atoms with Gasteiger partial charge in [-0.05, 0) is 76.9 Å². The van der Waals surface area contributed by atoms with Gasteiger partial charge in [-0.25, -0.2) is 0 Å². The summed E-state index contributed by atoms with van der Waals surface area (Å²) >= 11 is 0. The van der Waals surface area contributed by atoms with Gasteiger partial charge in [0, 0.05) is 18.8 Å². The number of nitrogens with zero attached hydrogens (tertiary/aromatic N) is 1. The molecule has 0 aliphatic heterocycles. The number of amides is 1. The lowest BCUT2D eigenvalue weighted by Crippen LogP contribution is -2.48. The molecule has 1 N–H and O–H groups in total. The number of hydrogen-bond donors (Lipinski definition) is 1. The minimum absolute atomic E-state index is 0.0226. The second-order valence-electron chi connectivity index (χ2n) is 7.61. The molecule has 1 aromatic carbocycles. The Morgan fingerprint density at radius 1 is 1.31 bits per heavy atom. The van der Waals surface area contributed by atoms with Gasteiger partial charge >= 0.3 is 0 Å². The molecule has 1 fully saturated rings. The summed E-state index contributed by atoms with van der Waals surface area (Å²) in [4.78, 5) is 15.1. The maximum atomic E-state index is 12.9. The smallest absolute Gasteiger partial charge is 0.256 e. The monoisotopic (exact) mass is 362 g/mol. The molecule has 1 saturated carbocycles. The summed E-state index contributed by atoms with van der Waals surface area (Å²) in [5.41, 5.74) is 0.0984. The molecule has 0 unspecified atom stereocenters. The molecule has 0 saturated heterocycles. The molecule has 5 nitrogen and oxygen atoms in total. The average molecular weight is 363 g/mol. The topological polar surface area (TPSA) is 50.8 Å². The van der Waals surface area contributed by atoms with Gasteiger partial charge in [0.25, 0.3) is 5.91 Å². The molecule has 1 aliphatic rings. The molecule has 0 radical (unpaired) electrons. The zero-order chi connectivity index (χ0) is 19.0. The van der Waals surface area contributed by atoms with Crippen LogP contribution < -0.4 is 10.1 Å². The minimum Gasteiger partial charge on any atom is -0.494 e. The highest BCUT2D eigenvalue weighted by Crippen LogP contribution is 2.36. The largest absolute Gasteiger partial charge is 0.494 e. The molecular weight excluding hydrogens is 328 g/mol. The van der Waals surface area contributed by atoms with E-state index in [0.717, 1.165) is 43.7 Å². The Hall–Kier alpha value is -1.59. The number of carbonyl (C=O) groups excluding carboxylic acids is 1. The molecule has 0 heterocycles. The number of hydrogen-bond acceptors (Lipinski definition) is 4. The van der Waals surface area contributed by atoms with E-state index in [1.807, 2.05) is 31.2 Å². The molecule has 0 bridgehead atoms. The van der Waals surface area contributed by atoms with Crippen molar-refractivity contribution < 1.29 is 14.3 Å². The molecular formula is C21H34N2O3. The maximum absolute atomic E-state index is 12.9. The lowest BCUT2D eigenvalue weighted by Gasteiger charge is -2.38. The summed E-state index contributed by atoms with van der Waals surface area (Å²) < 4.78 is 11.7. The van der Waals surface area contributed by atoms with Gasteiger partial charge < -0.3 is 19.7 Å². The molecule has 2 rings (SSSR count). The van der Waals surface area contributed by atoms with Crippen molar-refractivity contribution in [3.63, 3.8) is 0 Å². The van der Waals surface area contributed by atoms with Gasteiger partial charge in [0.1, 0.15) is 11.4 Å². The Kier molecular flexibility index (Phi) is 7.91. The first-order valence-corrected chi connectivity index (χ1v) is 9.78. The number of rotatable bonds is 9. The SMILES string of the molecule is CCO[C@]1(C(=O)Nc2ccc(OCCCN(C)C)cc2)CCC[C@H](C)C1. The van der Waals surface area contributed by atoms with E-state index in [1.54, 1.807) is 0 Å². The highest BCUT2D eigenvalue weighted by atomic mass is 16.5. The van der Waals surface area contributed by atoms with Gasteiger partial charge in [-0.2, -0.15) is 0 Å². The number of ether oxygens (including phenoxy) is 2. The van der Waals surface area contributed by atoms with E-state index in [0.29, 0.717) is 19.1 Å². The van der Waals surface area contributed by atoms with Crippen LogP contribution >= 0.6 is 0 Å². The summed E-state index contributed by atoms with van der Waals surface area (Å²) in [6, 6.07) is 7.60. The van der Waals surface area contributed by atoms with Crippen molar-refractivity contribution in [3.05, 3.63) is 24.3 Å². The van der Waals surface area contributed by atoms with Gasteiger partial charge in [0.2, 0.25) is 0 Å². The summed E-state index contributed by atoms with van der Waals surface area (Å²) in [6.45, 7) is 6.40. The third-order valence-electron chi connectivity index (χ3n) is 4.92. The fraction of sp³-hybridized carbons (Fsp3) is 0.667. The zero-order valence-electron chi connectivity index (χ0n) is 16.7. The minimum atomic E-state index is -0.687. The molecule has 1 amide bonds. The quantitative estimate of drug-likeness (QED) is 0.676. The number of benzene rings is 1. The fourth-order valence-electron chi connectivity index (χ4n) is 3.63. The van der Waals surface area contributed by atoms with E-state index in [9.17, 15) is 4.79 Å². The Balaban J connectivity index is 1.91. The normalized spacial score (nSPS) is 23.0. The number of anilines is 1. The van der Waals surface area contributed by atoms with Gasteiger partial charge in [-0.3, -0.25) is 4.79 Å². The van der Waals surface area contributed by atoms with E-state index in [2.05, 4.69) is 31.2 Å². The molecule has 146 valence electrons. The van der Waals surface area contributed by atoms with Crippen LogP contribution in [0, 0.1) is 5.92 Å². The highest BCUT2D eigenvalue weighted by molar-refractivity contribution is 5.97. The maximum Gasteiger partial charge on any atom is 0.256 e. The Bertz CT molecular complexity index is 555.